The van der Waals surface area contributed by atoms with Gasteiger partial charge in [-0.15, -0.1) is 0 Å². The third-order valence-corrected chi connectivity index (χ3v) is 3.02. The minimum atomic E-state index is 0.190. The molecule has 2 unspecified atom stereocenters. The van der Waals surface area contributed by atoms with E-state index in [-0.39, 0.29) is 12.1 Å². The predicted molar refractivity (Wildman–Crippen MR) is 72.3 cm³/mol. The molecule has 0 fully saturated rings. The van der Waals surface area contributed by atoms with Gasteiger partial charge < -0.3 is 10.4 Å². The molecule has 2 rings (SSSR count). The third-order valence-electron chi connectivity index (χ3n) is 3.02. The van der Waals surface area contributed by atoms with E-state index in [1.54, 1.807) is 18.3 Å². The Balaban J connectivity index is 2.03. The lowest BCUT2D eigenvalue weighted by Crippen LogP contribution is -2.23. The van der Waals surface area contributed by atoms with Crippen LogP contribution in [0, 0.1) is 0 Å². The molecule has 0 aliphatic carbocycles. The van der Waals surface area contributed by atoms with Crippen molar-refractivity contribution in [3.63, 3.8) is 0 Å². The maximum Gasteiger partial charge on any atom is 0.115 e. The Labute approximate surface area is 108 Å². The summed E-state index contributed by atoms with van der Waals surface area (Å²) in [4.78, 5) is 4.34. The first kappa shape index (κ1) is 12.6. The molecule has 0 saturated carbocycles. The highest BCUT2D eigenvalue weighted by Gasteiger charge is 2.11. The monoisotopic (exact) mass is 242 g/mol. The molecule has 2 atom stereocenters. The number of nitrogens with zero attached hydrogens (tertiary/aromatic N) is 1. The Morgan fingerprint density at radius 2 is 1.72 bits per heavy atom. The first-order valence-corrected chi connectivity index (χ1v) is 6.12. The Morgan fingerprint density at radius 3 is 2.33 bits per heavy atom. The van der Waals surface area contributed by atoms with Crippen LogP contribution in [0.2, 0.25) is 0 Å². The van der Waals surface area contributed by atoms with Crippen LogP contribution in [0.5, 0.6) is 5.75 Å². The van der Waals surface area contributed by atoms with E-state index in [1.807, 2.05) is 30.3 Å². The summed E-state index contributed by atoms with van der Waals surface area (Å²) in [6.45, 7) is 4.20. The van der Waals surface area contributed by atoms with Gasteiger partial charge in [0.2, 0.25) is 0 Å². The van der Waals surface area contributed by atoms with E-state index < -0.39 is 0 Å². The van der Waals surface area contributed by atoms with Crippen molar-refractivity contribution in [1.29, 1.82) is 0 Å². The van der Waals surface area contributed by atoms with Gasteiger partial charge in [0.1, 0.15) is 5.75 Å². The Kier molecular flexibility index (Phi) is 3.95. The summed E-state index contributed by atoms with van der Waals surface area (Å²) in [6.07, 6.45) is 1.80. The van der Waals surface area contributed by atoms with Crippen molar-refractivity contribution in [2.75, 3.05) is 0 Å². The van der Waals surface area contributed by atoms with E-state index in [1.165, 1.54) is 0 Å². The van der Waals surface area contributed by atoms with Gasteiger partial charge in [0.05, 0.1) is 5.69 Å². The van der Waals surface area contributed by atoms with Crippen molar-refractivity contribution in [3.8, 4) is 5.75 Å². The maximum absolute atomic E-state index is 9.27. The summed E-state index contributed by atoms with van der Waals surface area (Å²) in [6, 6.07) is 13.6. The second kappa shape index (κ2) is 5.65. The van der Waals surface area contributed by atoms with Crippen molar-refractivity contribution in [2.24, 2.45) is 0 Å². The zero-order valence-corrected chi connectivity index (χ0v) is 10.7. The highest BCUT2D eigenvalue weighted by atomic mass is 16.3. The molecule has 1 heterocycles. The van der Waals surface area contributed by atoms with Crippen molar-refractivity contribution in [3.05, 3.63) is 59.9 Å². The highest BCUT2D eigenvalue weighted by molar-refractivity contribution is 5.27. The molecule has 0 spiro atoms. The summed E-state index contributed by atoms with van der Waals surface area (Å²) in [7, 11) is 0. The largest absolute Gasteiger partial charge is 0.508 e. The van der Waals surface area contributed by atoms with Crippen LogP contribution in [0.3, 0.4) is 0 Å². The third kappa shape index (κ3) is 3.08. The Morgan fingerprint density at radius 1 is 1.00 bits per heavy atom. The highest BCUT2D eigenvalue weighted by Crippen LogP contribution is 2.19. The predicted octanol–water partition coefficient (Wildman–Crippen LogP) is 3.20. The molecule has 1 aromatic carbocycles. The molecule has 1 aromatic heterocycles. The van der Waals surface area contributed by atoms with E-state index in [9.17, 15) is 5.11 Å². The van der Waals surface area contributed by atoms with Crippen molar-refractivity contribution < 1.29 is 5.11 Å². The molecule has 3 nitrogen and oxygen atoms in total. The zero-order valence-electron chi connectivity index (χ0n) is 10.7. The summed E-state index contributed by atoms with van der Waals surface area (Å²) in [5.41, 5.74) is 2.18. The van der Waals surface area contributed by atoms with Crippen LogP contribution >= 0.6 is 0 Å². The van der Waals surface area contributed by atoms with Crippen LogP contribution in [0.15, 0.2) is 48.7 Å². The van der Waals surface area contributed by atoms with Crippen LogP contribution < -0.4 is 5.32 Å². The van der Waals surface area contributed by atoms with Gasteiger partial charge in [0.15, 0.2) is 0 Å². The van der Waals surface area contributed by atoms with Gasteiger partial charge in [-0.2, -0.15) is 0 Å². The topological polar surface area (TPSA) is 45.2 Å². The fourth-order valence-electron chi connectivity index (χ4n) is 1.95. The number of benzene rings is 1. The summed E-state index contributed by atoms with van der Waals surface area (Å²) in [5, 5.41) is 12.8. The summed E-state index contributed by atoms with van der Waals surface area (Å²) in [5.74, 6) is 0.295. The number of pyridine rings is 1. The zero-order chi connectivity index (χ0) is 13.0. The van der Waals surface area contributed by atoms with Gasteiger partial charge in [0.25, 0.3) is 0 Å². The summed E-state index contributed by atoms with van der Waals surface area (Å²) >= 11 is 0. The van der Waals surface area contributed by atoms with Gasteiger partial charge in [-0.3, -0.25) is 4.98 Å². The molecule has 2 aromatic rings. The molecule has 18 heavy (non-hydrogen) atoms. The lowest BCUT2D eigenvalue weighted by atomic mass is 10.1. The van der Waals surface area contributed by atoms with Crippen LogP contribution in [0.4, 0.5) is 0 Å². The van der Waals surface area contributed by atoms with Gasteiger partial charge in [-0.1, -0.05) is 18.2 Å². The van der Waals surface area contributed by atoms with E-state index in [4.69, 9.17) is 0 Å². The van der Waals surface area contributed by atoms with Crippen molar-refractivity contribution >= 4 is 0 Å². The summed E-state index contributed by atoms with van der Waals surface area (Å²) < 4.78 is 0. The molecule has 3 heteroatoms. The molecule has 0 bridgehead atoms. The normalized spacial score (nSPS) is 14.1. The molecule has 0 aliphatic rings. The number of aromatic nitrogens is 1. The number of hydrogen-bond acceptors (Lipinski definition) is 3. The lowest BCUT2D eigenvalue weighted by molar-refractivity contribution is 0.471. The second-order valence-electron chi connectivity index (χ2n) is 4.46. The molecule has 2 N–H and O–H groups in total. The molecule has 0 aliphatic heterocycles. The van der Waals surface area contributed by atoms with E-state index in [0.717, 1.165) is 11.3 Å². The Bertz CT molecular complexity index is 482. The van der Waals surface area contributed by atoms with Crippen molar-refractivity contribution in [2.45, 2.75) is 25.9 Å². The number of rotatable bonds is 4. The fourth-order valence-corrected chi connectivity index (χ4v) is 1.95. The quantitative estimate of drug-likeness (QED) is 0.865. The number of phenolic OH excluding ortho intramolecular Hbond substituents is 1. The number of phenols is 1. The average Bonchev–Trinajstić information content (AvgIpc) is 2.40. The number of nitrogens with one attached hydrogen (secondary N) is 1. The minimum absolute atomic E-state index is 0.190. The van der Waals surface area contributed by atoms with Crippen molar-refractivity contribution in [1.82, 2.24) is 10.3 Å². The smallest absolute Gasteiger partial charge is 0.115 e. The van der Waals surface area contributed by atoms with E-state index in [2.05, 4.69) is 24.1 Å². The van der Waals surface area contributed by atoms with Crippen LogP contribution in [-0.4, -0.2) is 10.1 Å². The molecule has 94 valence electrons. The molecule has 0 amide bonds. The molecular formula is C15H18N2O. The fraction of sp³-hybridized carbons (Fsp3) is 0.267. The SMILES string of the molecule is CC(NC(C)c1ccccn1)c1ccc(O)cc1. The number of aromatic hydroxyl groups is 1. The minimum Gasteiger partial charge on any atom is -0.508 e. The van der Waals surface area contributed by atoms with Gasteiger partial charge in [-0.05, 0) is 43.7 Å². The van der Waals surface area contributed by atoms with Gasteiger partial charge in [-0.25, -0.2) is 0 Å². The maximum atomic E-state index is 9.27. The average molecular weight is 242 g/mol. The first-order chi connectivity index (χ1) is 8.66. The van der Waals surface area contributed by atoms with Gasteiger partial charge >= 0.3 is 0 Å². The first-order valence-electron chi connectivity index (χ1n) is 6.12. The molecular weight excluding hydrogens is 224 g/mol. The molecule has 0 saturated heterocycles. The second-order valence-corrected chi connectivity index (χ2v) is 4.46. The van der Waals surface area contributed by atoms with E-state index >= 15 is 0 Å². The van der Waals surface area contributed by atoms with Gasteiger partial charge in [0, 0.05) is 18.3 Å². The Hall–Kier alpha value is -1.87. The molecule has 0 radical (unpaired) electrons. The van der Waals surface area contributed by atoms with Crippen LogP contribution in [0.25, 0.3) is 0 Å². The number of hydrogen-bond donors (Lipinski definition) is 2. The van der Waals surface area contributed by atoms with Crippen LogP contribution in [0.1, 0.15) is 37.2 Å². The van der Waals surface area contributed by atoms with Crippen LogP contribution in [-0.2, 0) is 0 Å². The van der Waals surface area contributed by atoms with E-state index in [0.29, 0.717) is 5.75 Å². The standard InChI is InChI=1S/C15H18N2O/c1-11(13-6-8-14(18)9-7-13)17-12(2)15-5-3-4-10-16-15/h3-12,17-18H,1-2H3. The lowest BCUT2D eigenvalue weighted by Gasteiger charge is -2.20.